The van der Waals surface area contributed by atoms with Crippen molar-refractivity contribution in [2.75, 3.05) is 0 Å². The number of allylic oxidation sites excluding steroid dienone is 4. The Morgan fingerprint density at radius 2 is 1.78 bits per heavy atom. The summed E-state index contributed by atoms with van der Waals surface area (Å²) in [5.74, 6) is -9.50. The molecule has 0 fully saturated rings. The first-order valence-corrected chi connectivity index (χ1v) is 9.38. The highest BCUT2D eigenvalue weighted by molar-refractivity contribution is 7.83. The fourth-order valence-corrected chi connectivity index (χ4v) is 3.96. The van der Waals surface area contributed by atoms with E-state index in [4.69, 9.17) is 0 Å². The molecule has 0 bridgehead atoms. The molecule has 1 atom stereocenters. The number of benzene rings is 1. The Kier molecular flexibility index (Phi) is 5.36. The van der Waals surface area contributed by atoms with E-state index < -0.39 is 29.2 Å². The van der Waals surface area contributed by atoms with Gasteiger partial charge in [0.05, 0.1) is 0 Å². The van der Waals surface area contributed by atoms with Crippen LogP contribution in [0.15, 0.2) is 64.4 Å². The van der Waals surface area contributed by atoms with Crippen molar-refractivity contribution in [3.8, 4) is 0 Å². The van der Waals surface area contributed by atoms with Crippen LogP contribution in [0.5, 0.6) is 0 Å². The van der Waals surface area contributed by atoms with Crippen molar-refractivity contribution in [1.29, 1.82) is 0 Å². The largest absolute Gasteiger partial charge is 0.349 e. The monoisotopic (exact) mass is 414 g/mol. The lowest BCUT2D eigenvalue weighted by molar-refractivity contribution is -0.195. The van der Waals surface area contributed by atoms with E-state index in [1.807, 2.05) is 0 Å². The average Bonchev–Trinajstić information content (AvgIpc) is 3.09. The first-order chi connectivity index (χ1) is 12.7. The molecule has 1 aliphatic carbocycles. The molecule has 142 valence electrons. The zero-order chi connectivity index (χ0) is 19.8. The summed E-state index contributed by atoms with van der Waals surface area (Å²) in [4.78, 5) is 0.493. The van der Waals surface area contributed by atoms with E-state index >= 15 is 0 Å². The van der Waals surface area contributed by atoms with Gasteiger partial charge in [0.2, 0.25) is 0 Å². The summed E-state index contributed by atoms with van der Waals surface area (Å²) in [5.41, 5.74) is -1.28. The van der Waals surface area contributed by atoms with Gasteiger partial charge in [0.15, 0.2) is 6.17 Å². The summed E-state index contributed by atoms with van der Waals surface area (Å²) in [6.07, 6.45) is -0.607. The highest BCUT2D eigenvalue weighted by Gasteiger charge is 2.71. The van der Waals surface area contributed by atoms with Crippen LogP contribution in [-0.4, -0.2) is 18.0 Å². The minimum Gasteiger partial charge on any atom is -0.235 e. The second-order valence-electron chi connectivity index (χ2n) is 6.07. The molecule has 0 aliphatic heterocycles. The molecule has 0 radical (unpaired) electrons. The molecule has 3 rings (SSSR count). The van der Waals surface area contributed by atoms with Gasteiger partial charge in [0.1, 0.15) is 0 Å². The minimum atomic E-state index is -4.84. The number of thiol groups is 1. The molecule has 1 aromatic carbocycles. The number of thiophene rings is 1. The quantitative estimate of drug-likeness (QED) is 0.312. The summed E-state index contributed by atoms with van der Waals surface area (Å²) in [7, 11) is 0. The van der Waals surface area contributed by atoms with Crippen molar-refractivity contribution in [2.24, 2.45) is 0 Å². The normalized spacial score (nSPS) is 22.0. The van der Waals surface area contributed by atoms with Gasteiger partial charge in [-0.2, -0.15) is 30.2 Å². The van der Waals surface area contributed by atoms with Crippen LogP contribution in [-0.2, 0) is 0 Å². The number of aryl methyl sites for hydroxylation is 1. The molecule has 0 spiro atoms. The highest BCUT2D eigenvalue weighted by atomic mass is 32.1. The van der Waals surface area contributed by atoms with E-state index in [-0.39, 0.29) is 11.1 Å². The molecule has 2 aromatic rings. The van der Waals surface area contributed by atoms with Crippen LogP contribution in [0.2, 0.25) is 0 Å². The van der Waals surface area contributed by atoms with E-state index in [1.54, 1.807) is 42.6 Å². The maximum Gasteiger partial charge on any atom is 0.349 e. The van der Waals surface area contributed by atoms with Gasteiger partial charge in [-0.15, -0.1) is 11.3 Å². The van der Waals surface area contributed by atoms with Crippen molar-refractivity contribution >= 4 is 35.6 Å². The Hall–Kier alpha value is -1.86. The van der Waals surface area contributed by atoms with Crippen LogP contribution in [0, 0.1) is 6.92 Å². The molecular formula is C20H15F5S2. The Morgan fingerprint density at radius 3 is 2.33 bits per heavy atom. The molecule has 0 nitrogen and oxygen atoms in total. The van der Waals surface area contributed by atoms with Crippen molar-refractivity contribution in [2.45, 2.75) is 24.9 Å². The van der Waals surface area contributed by atoms with Crippen molar-refractivity contribution < 1.29 is 22.0 Å². The lowest BCUT2D eigenvalue weighted by Crippen LogP contribution is -2.43. The smallest absolute Gasteiger partial charge is 0.235 e. The van der Waals surface area contributed by atoms with Crippen LogP contribution >= 0.6 is 24.0 Å². The summed E-state index contributed by atoms with van der Waals surface area (Å²) in [6, 6.07) is 9.78. The summed E-state index contributed by atoms with van der Waals surface area (Å²) < 4.78 is 72.6. The molecule has 0 N–H and O–H groups in total. The third kappa shape index (κ3) is 3.27. The molecule has 27 heavy (non-hydrogen) atoms. The lowest BCUT2D eigenvalue weighted by atomic mass is 9.94. The Bertz CT molecular complexity index is 923. The highest BCUT2D eigenvalue weighted by Crippen LogP contribution is 2.58. The van der Waals surface area contributed by atoms with Gasteiger partial charge in [0.25, 0.3) is 0 Å². The lowest BCUT2D eigenvalue weighted by Gasteiger charge is -2.23. The van der Waals surface area contributed by atoms with Crippen LogP contribution in [0.25, 0.3) is 11.6 Å². The SMILES string of the molecule is Cc1sccc1C1=C(C(/C=C\S)=C\c2ccccc2)C(F)(F)C(F)(F)C1F. The second kappa shape index (κ2) is 7.28. The molecular weight excluding hydrogens is 399 g/mol. The zero-order valence-electron chi connectivity index (χ0n) is 14.1. The third-order valence-corrected chi connectivity index (χ3v) is 5.38. The fraction of sp³-hybridized carbons (Fsp3) is 0.200. The number of rotatable bonds is 4. The average molecular weight is 414 g/mol. The molecule has 0 saturated carbocycles. The number of alkyl halides is 5. The van der Waals surface area contributed by atoms with Crippen LogP contribution < -0.4 is 0 Å². The van der Waals surface area contributed by atoms with Gasteiger partial charge in [-0.05, 0) is 52.6 Å². The standard InChI is InChI=1S/C20H15F5S2/c1-12-15(8-10-27-12)16-17(19(22,23)20(24,25)18(16)21)14(7-9-26)11-13-5-3-2-4-6-13/h2-11,18,26H,1H3/b9-7-,14-11-. The first-order valence-electron chi connectivity index (χ1n) is 7.98. The second-order valence-corrected chi connectivity index (χ2v) is 7.48. The van der Waals surface area contributed by atoms with Gasteiger partial charge >= 0.3 is 11.8 Å². The fourth-order valence-electron chi connectivity index (χ4n) is 3.09. The number of halogens is 5. The van der Waals surface area contributed by atoms with E-state index in [0.29, 0.717) is 10.4 Å². The van der Waals surface area contributed by atoms with E-state index in [9.17, 15) is 22.0 Å². The molecule has 0 saturated heterocycles. The molecule has 1 heterocycles. The molecule has 1 aromatic heterocycles. The van der Waals surface area contributed by atoms with Gasteiger partial charge in [-0.1, -0.05) is 30.3 Å². The van der Waals surface area contributed by atoms with Crippen LogP contribution in [0.1, 0.15) is 16.0 Å². The van der Waals surface area contributed by atoms with E-state index in [2.05, 4.69) is 12.6 Å². The summed E-state index contributed by atoms with van der Waals surface area (Å²) in [5, 5.41) is 2.73. The molecule has 1 aliphatic rings. The molecule has 1 unspecified atom stereocenters. The van der Waals surface area contributed by atoms with Gasteiger partial charge < -0.3 is 0 Å². The maximum atomic E-state index is 14.7. The molecule has 7 heteroatoms. The van der Waals surface area contributed by atoms with Crippen molar-refractivity contribution in [3.05, 3.63) is 80.4 Å². The molecule has 0 amide bonds. The predicted octanol–water partition coefficient (Wildman–Crippen LogP) is 6.96. The Balaban J connectivity index is 2.33. The minimum absolute atomic E-state index is 0.0749. The van der Waals surface area contributed by atoms with E-state index in [1.165, 1.54) is 35.0 Å². The topological polar surface area (TPSA) is 0 Å². The predicted molar refractivity (Wildman–Crippen MR) is 103 cm³/mol. The number of hydrogen-bond donors (Lipinski definition) is 1. The number of hydrogen-bond acceptors (Lipinski definition) is 2. The van der Waals surface area contributed by atoms with Gasteiger partial charge in [0, 0.05) is 16.0 Å². The first kappa shape index (κ1) is 19.9. The van der Waals surface area contributed by atoms with Crippen LogP contribution in [0.3, 0.4) is 0 Å². The van der Waals surface area contributed by atoms with Crippen LogP contribution in [0.4, 0.5) is 22.0 Å². The third-order valence-electron chi connectivity index (χ3n) is 4.39. The van der Waals surface area contributed by atoms with Crippen molar-refractivity contribution in [3.63, 3.8) is 0 Å². The Morgan fingerprint density at radius 1 is 1.11 bits per heavy atom. The van der Waals surface area contributed by atoms with Crippen molar-refractivity contribution in [1.82, 2.24) is 0 Å². The maximum absolute atomic E-state index is 14.7. The summed E-state index contributed by atoms with van der Waals surface area (Å²) in [6.45, 7) is 1.58. The zero-order valence-corrected chi connectivity index (χ0v) is 15.8. The van der Waals surface area contributed by atoms with Gasteiger partial charge in [-0.25, -0.2) is 4.39 Å². The Labute approximate surface area is 163 Å². The van der Waals surface area contributed by atoms with E-state index in [0.717, 1.165) is 0 Å². The van der Waals surface area contributed by atoms with Gasteiger partial charge in [-0.3, -0.25) is 0 Å². The summed E-state index contributed by atoms with van der Waals surface area (Å²) >= 11 is 5.08.